The van der Waals surface area contributed by atoms with Crippen LogP contribution >= 0.6 is 11.6 Å². The molecule has 7 heteroatoms. The minimum atomic E-state index is 0.0487. The van der Waals surface area contributed by atoms with Crippen LogP contribution in [0.15, 0.2) is 18.2 Å². The summed E-state index contributed by atoms with van der Waals surface area (Å²) in [5.74, 6) is 2.54. The van der Waals surface area contributed by atoms with Crippen molar-refractivity contribution in [3.63, 3.8) is 0 Å². The first-order valence-corrected chi connectivity index (χ1v) is 10.9. The van der Waals surface area contributed by atoms with Crippen LogP contribution in [0.5, 0.6) is 0 Å². The van der Waals surface area contributed by atoms with E-state index in [-0.39, 0.29) is 6.04 Å². The third kappa shape index (κ3) is 3.47. The van der Waals surface area contributed by atoms with Gasteiger partial charge in [-0.05, 0) is 55.9 Å². The van der Waals surface area contributed by atoms with Crippen molar-refractivity contribution in [1.29, 1.82) is 0 Å². The fourth-order valence-electron chi connectivity index (χ4n) is 5.16. The van der Waals surface area contributed by atoms with Gasteiger partial charge in [0.1, 0.15) is 11.6 Å². The predicted octanol–water partition coefficient (Wildman–Crippen LogP) is 2.71. The molecule has 1 unspecified atom stereocenters. The summed E-state index contributed by atoms with van der Waals surface area (Å²) in [7, 11) is 0. The number of ether oxygens (including phenoxy) is 1. The molecule has 1 aliphatic carbocycles. The summed E-state index contributed by atoms with van der Waals surface area (Å²) in [5.41, 5.74) is 8.71. The Bertz CT molecular complexity index is 839. The zero-order valence-corrected chi connectivity index (χ0v) is 16.9. The van der Waals surface area contributed by atoms with E-state index in [0.29, 0.717) is 12.0 Å². The Morgan fingerprint density at radius 1 is 1.04 bits per heavy atom. The fourth-order valence-corrected chi connectivity index (χ4v) is 5.35. The average Bonchev–Trinajstić information content (AvgIpc) is 3.06. The third-order valence-electron chi connectivity index (χ3n) is 6.59. The van der Waals surface area contributed by atoms with Crippen LogP contribution in [0.2, 0.25) is 5.02 Å². The van der Waals surface area contributed by atoms with Crippen molar-refractivity contribution in [3.05, 3.63) is 40.4 Å². The molecule has 2 N–H and O–H groups in total. The quantitative estimate of drug-likeness (QED) is 0.837. The Hall–Kier alpha value is -1.47. The Morgan fingerprint density at radius 3 is 2.61 bits per heavy atom. The Labute approximate surface area is 171 Å². The van der Waals surface area contributed by atoms with E-state index >= 15 is 0 Å². The molecule has 150 valence electrons. The minimum Gasteiger partial charge on any atom is -0.379 e. The lowest BCUT2D eigenvalue weighted by Gasteiger charge is -2.38. The molecule has 6 nitrogen and oxygen atoms in total. The molecule has 3 heterocycles. The topological polar surface area (TPSA) is 69.2 Å². The van der Waals surface area contributed by atoms with E-state index in [1.165, 1.54) is 18.4 Å². The van der Waals surface area contributed by atoms with Crippen LogP contribution < -0.4 is 5.73 Å². The molecule has 2 aromatic rings. The van der Waals surface area contributed by atoms with Crippen LogP contribution in [-0.4, -0.2) is 58.1 Å². The van der Waals surface area contributed by atoms with Crippen LogP contribution in [0, 0.1) is 0 Å². The second kappa shape index (κ2) is 7.75. The summed E-state index contributed by atoms with van der Waals surface area (Å²) in [6, 6.07) is 6.84. The summed E-state index contributed by atoms with van der Waals surface area (Å²) in [4.78, 5) is 2.61. The highest BCUT2D eigenvalue weighted by Crippen LogP contribution is 2.37. The number of hydrogen-bond acceptors (Lipinski definition) is 5. The molecule has 2 fully saturated rings. The number of aromatic nitrogens is 3. The molecule has 28 heavy (non-hydrogen) atoms. The zero-order chi connectivity index (χ0) is 19.1. The van der Waals surface area contributed by atoms with Gasteiger partial charge in [0, 0.05) is 42.5 Å². The van der Waals surface area contributed by atoms with Gasteiger partial charge < -0.3 is 10.5 Å². The standard InChI is InChI=1S/C21H28ClN5O/c22-16-3-6-19-15(11-16)12-17(23)13-20-24-25-21(27(19)20)14-1-4-18(5-2-14)26-7-9-28-10-8-26/h3,6,11,14,17-18H,1-2,4-5,7-10,12-13,23H2. The van der Waals surface area contributed by atoms with Gasteiger partial charge in [0.25, 0.3) is 0 Å². The maximum absolute atomic E-state index is 6.36. The summed E-state index contributed by atoms with van der Waals surface area (Å²) in [5, 5.41) is 9.95. The number of rotatable bonds is 2. The molecule has 0 radical (unpaired) electrons. The number of hydrogen-bond donors (Lipinski definition) is 1. The SMILES string of the molecule is NC1Cc2cc(Cl)ccc2-n2c(nnc2C2CCC(N3CCOCC3)CC2)C1. The highest BCUT2D eigenvalue weighted by molar-refractivity contribution is 6.30. The molecule has 1 saturated carbocycles. The molecule has 1 aromatic carbocycles. The van der Waals surface area contributed by atoms with E-state index in [1.807, 2.05) is 12.1 Å². The van der Waals surface area contributed by atoms with E-state index in [1.54, 1.807) is 0 Å². The lowest BCUT2D eigenvalue weighted by molar-refractivity contribution is 0.00707. The molecule has 0 bridgehead atoms. The molecule has 0 spiro atoms. The maximum atomic E-state index is 6.36. The van der Waals surface area contributed by atoms with Crippen molar-refractivity contribution in [1.82, 2.24) is 19.7 Å². The number of fused-ring (bicyclic) bond motifs is 3. The van der Waals surface area contributed by atoms with E-state index in [0.717, 1.165) is 74.3 Å². The lowest BCUT2D eigenvalue weighted by atomic mass is 9.84. The summed E-state index contributed by atoms with van der Waals surface area (Å²) in [6.45, 7) is 3.89. The smallest absolute Gasteiger partial charge is 0.140 e. The van der Waals surface area contributed by atoms with Crippen LogP contribution in [-0.2, 0) is 17.6 Å². The van der Waals surface area contributed by atoms with Crippen molar-refractivity contribution in [2.24, 2.45) is 5.73 Å². The van der Waals surface area contributed by atoms with Gasteiger partial charge in [-0.2, -0.15) is 0 Å². The Balaban J connectivity index is 1.41. The van der Waals surface area contributed by atoms with E-state index in [2.05, 4.69) is 25.7 Å². The average molecular weight is 402 g/mol. The molecule has 0 amide bonds. The van der Waals surface area contributed by atoms with Crippen molar-refractivity contribution >= 4 is 11.6 Å². The van der Waals surface area contributed by atoms with Crippen LogP contribution in [0.25, 0.3) is 5.69 Å². The Morgan fingerprint density at radius 2 is 1.82 bits per heavy atom. The maximum Gasteiger partial charge on any atom is 0.140 e. The largest absolute Gasteiger partial charge is 0.379 e. The van der Waals surface area contributed by atoms with Gasteiger partial charge >= 0.3 is 0 Å². The van der Waals surface area contributed by atoms with Gasteiger partial charge in [-0.1, -0.05) is 11.6 Å². The molecule has 1 aromatic heterocycles. The van der Waals surface area contributed by atoms with Crippen molar-refractivity contribution in [2.75, 3.05) is 26.3 Å². The number of nitrogens with zero attached hydrogens (tertiary/aromatic N) is 4. The molecule has 2 aliphatic heterocycles. The second-order valence-electron chi connectivity index (χ2n) is 8.40. The number of halogens is 1. The number of morpholine rings is 1. The normalized spacial score (nSPS) is 28.4. The Kier molecular flexibility index (Phi) is 5.13. The lowest BCUT2D eigenvalue weighted by Crippen LogP contribution is -2.44. The highest BCUT2D eigenvalue weighted by atomic mass is 35.5. The first kappa shape index (κ1) is 18.6. The van der Waals surface area contributed by atoms with Crippen LogP contribution in [0.3, 0.4) is 0 Å². The van der Waals surface area contributed by atoms with Gasteiger partial charge in [0.05, 0.1) is 18.9 Å². The van der Waals surface area contributed by atoms with Gasteiger partial charge in [-0.15, -0.1) is 10.2 Å². The predicted molar refractivity (Wildman–Crippen MR) is 109 cm³/mol. The summed E-state index contributed by atoms with van der Waals surface area (Å²) in [6.07, 6.45) is 6.34. The van der Waals surface area contributed by atoms with Gasteiger partial charge in [0.15, 0.2) is 0 Å². The van der Waals surface area contributed by atoms with E-state index < -0.39 is 0 Å². The molecule has 1 saturated heterocycles. The number of nitrogens with two attached hydrogens (primary N) is 1. The van der Waals surface area contributed by atoms with Gasteiger partial charge in [0.2, 0.25) is 0 Å². The first-order chi connectivity index (χ1) is 13.7. The molecule has 3 aliphatic rings. The highest BCUT2D eigenvalue weighted by Gasteiger charge is 2.32. The molecular weight excluding hydrogens is 374 g/mol. The van der Waals surface area contributed by atoms with Gasteiger partial charge in [-0.3, -0.25) is 9.47 Å². The van der Waals surface area contributed by atoms with E-state index in [4.69, 9.17) is 22.1 Å². The first-order valence-electron chi connectivity index (χ1n) is 10.5. The van der Waals surface area contributed by atoms with Crippen molar-refractivity contribution < 1.29 is 4.74 Å². The molecule has 1 atom stereocenters. The zero-order valence-electron chi connectivity index (χ0n) is 16.2. The van der Waals surface area contributed by atoms with E-state index in [9.17, 15) is 0 Å². The summed E-state index contributed by atoms with van der Waals surface area (Å²) >= 11 is 6.26. The minimum absolute atomic E-state index is 0.0487. The summed E-state index contributed by atoms with van der Waals surface area (Å²) < 4.78 is 7.79. The molecular formula is C21H28ClN5O. The van der Waals surface area contributed by atoms with Gasteiger partial charge in [-0.25, -0.2) is 0 Å². The van der Waals surface area contributed by atoms with Crippen LogP contribution in [0.4, 0.5) is 0 Å². The van der Waals surface area contributed by atoms with Crippen molar-refractivity contribution in [2.45, 2.75) is 56.5 Å². The second-order valence-corrected chi connectivity index (χ2v) is 8.84. The molecule has 5 rings (SSSR count). The van der Waals surface area contributed by atoms with Crippen LogP contribution in [0.1, 0.15) is 48.8 Å². The fraction of sp³-hybridized carbons (Fsp3) is 0.619. The monoisotopic (exact) mass is 401 g/mol. The third-order valence-corrected chi connectivity index (χ3v) is 6.82. The van der Waals surface area contributed by atoms with Crippen molar-refractivity contribution in [3.8, 4) is 5.69 Å². The number of benzene rings is 1.